The van der Waals surface area contributed by atoms with Crippen molar-refractivity contribution in [2.75, 3.05) is 65.6 Å². The van der Waals surface area contributed by atoms with Gasteiger partial charge in [-0.05, 0) is 247 Å². The fraction of sp³-hybridized carbons (Fsp3) is 0.283. The molecule has 0 saturated carbocycles. The van der Waals surface area contributed by atoms with Gasteiger partial charge in [0.05, 0.1) is 33.0 Å². The van der Waals surface area contributed by atoms with Crippen molar-refractivity contribution in [1.82, 2.24) is 23.7 Å². The maximum absolute atomic E-state index is 12.6. The molecule has 27 heteroatoms. The number of unbranched alkanes of at least 4 members (excludes halogenated alkanes) is 4. The standard InChI is InChI=1S/C23H25NO2.C23H22O4.C18H24N2O2.C17H20N2O4S.C17H16O4S.C15H21NO3/c1-17-14-20-4-2-3-5-23(20)22(17)12-13-24-15-19-8-6-18(7-9-19)10-11-21(26)16-25;1-2-16-3-9-21-12-18(6-10-20(21)11-16)15-27-23(26)13-17-4-7-19(8-5-17)22(25)14-24;1-3-5-6-18-19-16-12-14(7-9-15(22)13-21)8-10-17(16)20(18)11-4-2;1-18(2)11-14-4-7-17(8-5-14)24(22,23)19-10-9-15(12-19)3-6-16(21)13-20;18-12-16(19)10-9-14-7-4-8-17(11-14)22(20,21)13-15-5-2-1-3-6-15;17-12-14(18)10-6-1-2-7-11-15(19)16-13-8-4-3-5-9-13/h2-11,24-25H,12-16H2,1H3;3-12,24H,2,13-15H2,1H3;7-10,12,21H,3-6,11,13H2,1-2H3;3-10,12,20H,11,13H2,1-2H3;1-11,18H,12-13H2;3-5,8-9,17H,1-2,6-7,10-12H2,(H,16,19)/b11-10+;;9-7+;6-3+;10-9+;. The number of rotatable bonds is 45. The minimum absolute atomic E-state index is 0.0256. The number of para-hydroxylation sites is 1. The molecule has 140 heavy (non-hydrogen) atoms. The first-order valence-electron chi connectivity index (χ1n) is 46.8. The number of imidazole rings is 1. The smallest absolute Gasteiger partial charge is 0.310 e. The summed E-state index contributed by atoms with van der Waals surface area (Å²) in [5.74, 6) is -1.13. The van der Waals surface area contributed by atoms with E-state index in [1.165, 1.54) is 99.8 Å². The van der Waals surface area contributed by atoms with Gasteiger partial charge in [0.15, 0.2) is 44.5 Å². The Morgan fingerprint density at radius 3 is 1.66 bits per heavy atom. The molecule has 10 aromatic carbocycles. The van der Waals surface area contributed by atoms with E-state index in [0.29, 0.717) is 29.5 Å². The molecule has 2 heterocycles. The number of nitrogens with one attached hydrogen (secondary N) is 2. The van der Waals surface area contributed by atoms with Gasteiger partial charge in [0.2, 0.25) is 5.91 Å². The average molecular weight is 1940 g/mol. The van der Waals surface area contributed by atoms with Gasteiger partial charge in [-0.25, -0.2) is 25.8 Å². The van der Waals surface area contributed by atoms with Gasteiger partial charge in [0.1, 0.15) is 52.1 Å². The number of aliphatic hydroxyl groups excluding tert-OH is 6. The predicted octanol–water partition coefficient (Wildman–Crippen LogP) is 17.1. The Labute approximate surface area is 821 Å². The molecule has 8 N–H and O–H groups in total. The molecule has 0 spiro atoms. The SMILES string of the molecule is CC1=C(CCNCc2ccc(/C=C/C(=O)CO)cc2)c2ccccc2C1.CCCCc1nc2cc(/C=C/C(=O)CO)ccc2n1CCC.CCc1ccc2cc(COC(=O)Cc3ccc(C(=O)CO)cc3)ccc2c1.CN(C)Cc1ccc(S(=O)(=O)n2ccc(/C=C/C(=O)CO)c2)cc1.O=C(/C=C/c1cccc(S(=O)(=O)Cc2ccccc2)c1)CO.O=C(CO)CCCCCCC(=O)Nc1ccccc1. The number of sulfone groups is 1. The number of carbonyl (C=O) groups is 8. The minimum atomic E-state index is -3.67. The van der Waals surface area contributed by atoms with Crippen molar-refractivity contribution in [1.29, 1.82) is 0 Å². The highest BCUT2D eigenvalue weighted by Gasteiger charge is 2.21. The number of nitrogens with zero attached hydrogens (tertiary/aromatic N) is 4. The number of amides is 1. The average Bonchev–Trinajstić information content (AvgIpc) is 1.65. The maximum atomic E-state index is 12.6. The number of fused-ring (bicyclic) bond motifs is 3. The fourth-order valence-corrected chi connectivity index (χ4v) is 17.3. The van der Waals surface area contributed by atoms with E-state index in [4.69, 9.17) is 40.4 Å². The Morgan fingerprint density at radius 2 is 1.06 bits per heavy atom. The number of aromatic nitrogens is 3. The number of carbonyl (C=O) groups excluding carboxylic acids is 8. The second-order valence-electron chi connectivity index (χ2n) is 33.6. The summed E-state index contributed by atoms with van der Waals surface area (Å²) in [6.45, 7) is 9.53. The molecule has 25 nitrogen and oxygen atoms in total. The Bertz CT molecular complexity index is 6460. The molecular weight excluding hydrogens is 1810 g/mol. The third-order valence-electron chi connectivity index (χ3n) is 22.2. The lowest BCUT2D eigenvalue weighted by Crippen LogP contribution is -2.15. The molecule has 2 aromatic heterocycles. The van der Waals surface area contributed by atoms with Gasteiger partial charge in [-0.15, -0.1) is 0 Å². The molecular formula is C113H128N6O19S2. The van der Waals surface area contributed by atoms with Crippen molar-refractivity contribution in [3.8, 4) is 0 Å². The Morgan fingerprint density at radius 1 is 0.493 bits per heavy atom. The number of Topliss-reactive ketones (excluding diaryl/α,β-unsaturated/α-hetero) is 2. The molecule has 12 aromatic rings. The first-order valence-corrected chi connectivity index (χ1v) is 49.8. The second-order valence-corrected chi connectivity index (χ2v) is 37.4. The molecule has 0 atom stereocenters. The van der Waals surface area contributed by atoms with Crippen molar-refractivity contribution in [3.63, 3.8) is 0 Å². The summed E-state index contributed by atoms with van der Waals surface area (Å²) in [5.41, 5.74) is 18.2. The van der Waals surface area contributed by atoms with Crippen LogP contribution in [-0.4, -0.2) is 173 Å². The Hall–Kier alpha value is -13.6. The van der Waals surface area contributed by atoms with Crippen LogP contribution in [0.1, 0.15) is 175 Å². The number of esters is 1. The lowest BCUT2D eigenvalue weighted by atomic mass is 10.0. The zero-order valence-electron chi connectivity index (χ0n) is 80.3. The van der Waals surface area contributed by atoms with Gasteiger partial charge in [-0.2, -0.15) is 0 Å². The highest BCUT2D eigenvalue weighted by atomic mass is 32.2. The predicted molar refractivity (Wildman–Crippen MR) is 553 cm³/mol. The third-order valence-corrected chi connectivity index (χ3v) is 25.5. The monoisotopic (exact) mass is 1940 g/mol. The zero-order valence-corrected chi connectivity index (χ0v) is 82.0. The molecule has 13 rings (SSSR count). The van der Waals surface area contributed by atoms with Crippen LogP contribution in [0.15, 0.2) is 295 Å². The van der Waals surface area contributed by atoms with E-state index < -0.39 is 64.5 Å². The molecule has 0 saturated heterocycles. The number of anilines is 1. The summed E-state index contributed by atoms with van der Waals surface area (Å²) in [7, 11) is -3.23. The van der Waals surface area contributed by atoms with E-state index in [0.717, 1.165) is 162 Å². The quantitative estimate of drug-likeness (QED) is 0.00760. The first-order chi connectivity index (χ1) is 67.5. The van der Waals surface area contributed by atoms with Crippen LogP contribution < -0.4 is 10.6 Å². The van der Waals surface area contributed by atoms with E-state index in [9.17, 15) is 55.2 Å². The van der Waals surface area contributed by atoms with Gasteiger partial charge in [0.25, 0.3) is 10.0 Å². The largest absolute Gasteiger partial charge is 0.461 e. The van der Waals surface area contributed by atoms with Crippen LogP contribution in [0, 0.1) is 0 Å². The number of hydrogen-bond donors (Lipinski definition) is 8. The van der Waals surface area contributed by atoms with Crippen LogP contribution in [0.4, 0.5) is 5.69 Å². The number of aliphatic hydroxyl groups is 6. The van der Waals surface area contributed by atoms with Gasteiger partial charge >= 0.3 is 5.97 Å². The van der Waals surface area contributed by atoms with Crippen molar-refractivity contribution in [2.24, 2.45) is 0 Å². The van der Waals surface area contributed by atoms with Crippen molar-refractivity contribution in [3.05, 3.63) is 363 Å². The molecule has 0 radical (unpaired) electrons. The number of benzene rings is 10. The second kappa shape index (κ2) is 59.7. The Kier molecular flexibility index (Phi) is 47.6. The lowest BCUT2D eigenvalue weighted by molar-refractivity contribution is -0.144. The first kappa shape index (κ1) is 112. The van der Waals surface area contributed by atoms with Crippen molar-refractivity contribution >= 4 is 124 Å². The van der Waals surface area contributed by atoms with E-state index >= 15 is 0 Å². The highest BCUT2D eigenvalue weighted by Crippen LogP contribution is 2.35. The summed E-state index contributed by atoms with van der Waals surface area (Å²) in [4.78, 5) is 97.4. The summed E-state index contributed by atoms with van der Waals surface area (Å²) in [6.07, 6.45) is 26.6. The van der Waals surface area contributed by atoms with Crippen LogP contribution in [0.2, 0.25) is 0 Å². The van der Waals surface area contributed by atoms with Crippen LogP contribution in [0.3, 0.4) is 0 Å². The molecule has 0 unspecified atom stereocenters. The molecule has 1 amide bonds. The third kappa shape index (κ3) is 38.3. The van der Waals surface area contributed by atoms with Gasteiger partial charge in [-0.3, -0.25) is 38.4 Å². The van der Waals surface area contributed by atoms with Crippen LogP contribution >= 0.6 is 0 Å². The summed E-state index contributed by atoms with van der Waals surface area (Å²) in [5, 5.41) is 60.9. The van der Waals surface area contributed by atoms with E-state index in [1.807, 2.05) is 91.8 Å². The molecule has 1 aliphatic rings. The summed E-state index contributed by atoms with van der Waals surface area (Å²) >= 11 is 0. The van der Waals surface area contributed by atoms with Crippen LogP contribution in [0.25, 0.3) is 51.7 Å². The number of aryl methyl sites for hydroxylation is 3. The Balaban J connectivity index is 0.000000207. The van der Waals surface area contributed by atoms with E-state index in [2.05, 4.69) is 110 Å². The van der Waals surface area contributed by atoms with Crippen molar-refractivity contribution in [2.45, 2.75) is 159 Å². The van der Waals surface area contributed by atoms with Gasteiger partial charge in [-0.1, -0.05) is 246 Å². The topological polar surface area (TPSA) is 385 Å². The lowest BCUT2D eigenvalue weighted by Gasteiger charge is -2.10. The number of ether oxygens (including phenoxy) is 1. The summed E-state index contributed by atoms with van der Waals surface area (Å²) < 4.78 is 58.8. The summed E-state index contributed by atoms with van der Waals surface area (Å²) in [6, 6.07) is 74.9. The van der Waals surface area contributed by atoms with Gasteiger partial charge in [0, 0.05) is 62.5 Å². The number of allylic oxidation sites excluding steroid dienone is 1. The van der Waals surface area contributed by atoms with Crippen LogP contribution in [0.5, 0.6) is 0 Å². The molecule has 0 bridgehead atoms. The molecule has 1 aliphatic carbocycles. The molecule has 736 valence electrons. The van der Waals surface area contributed by atoms with Gasteiger partial charge < -0.3 is 55.5 Å². The molecule has 0 fully saturated rings. The van der Waals surface area contributed by atoms with Crippen molar-refractivity contribution < 1.29 is 90.6 Å². The zero-order chi connectivity index (χ0) is 101. The number of ketones is 6. The maximum Gasteiger partial charge on any atom is 0.310 e. The highest BCUT2D eigenvalue weighted by molar-refractivity contribution is 7.90. The van der Waals surface area contributed by atoms with E-state index in [-0.39, 0.29) is 70.2 Å². The normalized spacial score (nSPS) is 11.7. The molecule has 0 aliphatic heterocycles. The number of hydrogen-bond acceptors (Lipinski definition) is 22. The van der Waals surface area contributed by atoms with E-state index in [1.54, 1.807) is 103 Å². The minimum Gasteiger partial charge on any atom is -0.461 e. The fourth-order valence-electron chi connectivity index (χ4n) is 14.7. The van der Waals surface area contributed by atoms with Crippen LogP contribution in [-0.2, 0) is 116 Å².